The van der Waals surface area contributed by atoms with Gasteiger partial charge in [-0.25, -0.2) is 0 Å². The molecule has 0 saturated heterocycles. The Morgan fingerprint density at radius 2 is 1.90 bits per heavy atom. The zero-order chi connectivity index (χ0) is 15.4. The Morgan fingerprint density at radius 1 is 1.19 bits per heavy atom. The van der Waals surface area contributed by atoms with Crippen molar-refractivity contribution in [3.63, 3.8) is 0 Å². The smallest absolute Gasteiger partial charge is 0.0716 e. The van der Waals surface area contributed by atoms with Crippen molar-refractivity contribution >= 4 is 23.0 Å². The predicted molar refractivity (Wildman–Crippen MR) is 92.5 cm³/mol. The van der Waals surface area contributed by atoms with Crippen LogP contribution in [0.5, 0.6) is 0 Å². The normalized spacial score (nSPS) is 11.3. The molecule has 0 aromatic heterocycles. The number of nitrogens with two attached hydrogens (primary N) is 2. The molecule has 0 unspecified atom stereocenters. The molecule has 0 saturated carbocycles. The van der Waals surface area contributed by atoms with Crippen molar-refractivity contribution in [3.05, 3.63) is 71.3 Å². The summed E-state index contributed by atoms with van der Waals surface area (Å²) < 4.78 is 0. The van der Waals surface area contributed by atoms with Crippen LogP contribution in [-0.2, 0) is 0 Å². The Balaban J connectivity index is 2.31. The third kappa shape index (κ3) is 3.33. The SMILES string of the molecule is C=C(/C(C)=C/c1ccccc1C)c1ccc(NN)c(N)c1. The van der Waals surface area contributed by atoms with E-state index in [1.54, 1.807) is 0 Å². The van der Waals surface area contributed by atoms with Crippen molar-refractivity contribution in [1.29, 1.82) is 0 Å². The molecule has 0 spiro atoms. The van der Waals surface area contributed by atoms with E-state index in [4.69, 9.17) is 11.6 Å². The molecule has 3 nitrogen and oxygen atoms in total. The largest absolute Gasteiger partial charge is 0.397 e. The van der Waals surface area contributed by atoms with Gasteiger partial charge in [-0.1, -0.05) is 43.0 Å². The summed E-state index contributed by atoms with van der Waals surface area (Å²) in [5.41, 5.74) is 15.3. The highest BCUT2D eigenvalue weighted by Gasteiger charge is 2.05. The average molecular weight is 279 g/mol. The summed E-state index contributed by atoms with van der Waals surface area (Å²) in [7, 11) is 0. The van der Waals surface area contributed by atoms with E-state index in [0.717, 1.165) is 16.7 Å². The van der Waals surface area contributed by atoms with Crippen LogP contribution in [0.3, 0.4) is 0 Å². The van der Waals surface area contributed by atoms with E-state index in [-0.39, 0.29) is 0 Å². The van der Waals surface area contributed by atoms with Crippen LogP contribution in [0.25, 0.3) is 11.6 Å². The topological polar surface area (TPSA) is 64.1 Å². The Labute approximate surface area is 125 Å². The number of nitrogen functional groups attached to an aromatic ring is 2. The minimum Gasteiger partial charge on any atom is -0.397 e. The van der Waals surface area contributed by atoms with Crippen molar-refractivity contribution in [3.8, 4) is 0 Å². The highest BCUT2D eigenvalue weighted by atomic mass is 15.2. The molecule has 0 aliphatic heterocycles. The summed E-state index contributed by atoms with van der Waals surface area (Å²) in [5.74, 6) is 5.39. The molecule has 2 aromatic rings. The minimum absolute atomic E-state index is 0.611. The zero-order valence-corrected chi connectivity index (χ0v) is 12.5. The van der Waals surface area contributed by atoms with Crippen molar-refractivity contribution in [2.24, 2.45) is 5.84 Å². The van der Waals surface area contributed by atoms with E-state index in [2.05, 4.69) is 44.1 Å². The first-order valence-electron chi connectivity index (χ1n) is 6.82. The summed E-state index contributed by atoms with van der Waals surface area (Å²) in [6.45, 7) is 8.33. The van der Waals surface area contributed by atoms with Crippen molar-refractivity contribution in [2.75, 3.05) is 11.2 Å². The fourth-order valence-electron chi connectivity index (χ4n) is 2.18. The maximum Gasteiger partial charge on any atom is 0.0716 e. The van der Waals surface area contributed by atoms with Crippen LogP contribution in [0.1, 0.15) is 23.6 Å². The molecule has 2 rings (SSSR count). The van der Waals surface area contributed by atoms with E-state index in [1.165, 1.54) is 11.1 Å². The molecular weight excluding hydrogens is 258 g/mol. The van der Waals surface area contributed by atoms with Gasteiger partial charge in [0.1, 0.15) is 0 Å². The minimum atomic E-state index is 0.611. The second kappa shape index (κ2) is 6.29. The highest BCUT2D eigenvalue weighted by molar-refractivity contribution is 5.85. The van der Waals surface area contributed by atoms with Crippen LogP contribution in [-0.4, -0.2) is 0 Å². The van der Waals surface area contributed by atoms with Crippen molar-refractivity contribution in [2.45, 2.75) is 13.8 Å². The lowest BCUT2D eigenvalue weighted by molar-refractivity contribution is 1.35. The highest BCUT2D eigenvalue weighted by Crippen LogP contribution is 2.28. The molecular formula is C18H21N3. The number of benzene rings is 2. The summed E-state index contributed by atoms with van der Waals surface area (Å²) >= 11 is 0. The molecule has 0 aliphatic carbocycles. The third-order valence-electron chi connectivity index (χ3n) is 3.59. The predicted octanol–water partition coefficient (Wildman–Crippen LogP) is 3.98. The third-order valence-corrected chi connectivity index (χ3v) is 3.59. The van der Waals surface area contributed by atoms with Gasteiger partial charge in [0, 0.05) is 0 Å². The van der Waals surface area contributed by atoms with E-state index in [0.29, 0.717) is 11.4 Å². The van der Waals surface area contributed by atoms with Crippen LogP contribution in [0.15, 0.2) is 54.6 Å². The van der Waals surface area contributed by atoms with Gasteiger partial charge in [-0.15, -0.1) is 0 Å². The fourth-order valence-corrected chi connectivity index (χ4v) is 2.18. The molecule has 108 valence electrons. The lowest BCUT2D eigenvalue weighted by Gasteiger charge is -2.11. The van der Waals surface area contributed by atoms with Gasteiger partial charge < -0.3 is 11.2 Å². The van der Waals surface area contributed by atoms with Gasteiger partial charge >= 0.3 is 0 Å². The number of anilines is 2. The van der Waals surface area contributed by atoms with Gasteiger partial charge in [-0.3, -0.25) is 5.84 Å². The molecule has 3 heteroatoms. The summed E-state index contributed by atoms with van der Waals surface area (Å²) in [6.07, 6.45) is 2.14. The van der Waals surface area contributed by atoms with E-state index in [9.17, 15) is 0 Å². The Bertz CT molecular complexity index is 699. The lowest BCUT2D eigenvalue weighted by atomic mass is 9.97. The van der Waals surface area contributed by atoms with Crippen molar-refractivity contribution < 1.29 is 0 Å². The number of hydrogen-bond acceptors (Lipinski definition) is 3. The van der Waals surface area contributed by atoms with Gasteiger partial charge in [0.25, 0.3) is 0 Å². The van der Waals surface area contributed by atoms with Crippen LogP contribution >= 0.6 is 0 Å². The zero-order valence-electron chi connectivity index (χ0n) is 12.5. The Kier molecular flexibility index (Phi) is 4.45. The Morgan fingerprint density at radius 3 is 2.52 bits per heavy atom. The van der Waals surface area contributed by atoms with Crippen molar-refractivity contribution in [1.82, 2.24) is 0 Å². The number of hydrazine groups is 1. The van der Waals surface area contributed by atoms with Crippen LogP contribution in [0.4, 0.5) is 11.4 Å². The second-order valence-electron chi connectivity index (χ2n) is 5.11. The summed E-state index contributed by atoms with van der Waals surface area (Å²) in [4.78, 5) is 0. The quantitative estimate of drug-likeness (QED) is 0.343. The van der Waals surface area contributed by atoms with E-state index in [1.807, 2.05) is 30.3 Å². The Hall–Kier alpha value is -2.52. The molecule has 0 fully saturated rings. The second-order valence-corrected chi connectivity index (χ2v) is 5.11. The number of rotatable bonds is 4. The van der Waals surface area contributed by atoms with Gasteiger partial charge in [-0.05, 0) is 53.8 Å². The van der Waals surface area contributed by atoms with Crippen LogP contribution in [0, 0.1) is 6.92 Å². The molecule has 5 N–H and O–H groups in total. The van der Waals surface area contributed by atoms with Gasteiger partial charge in [0.05, 0.1) is 11.4 Å². The summed E-state index contributed by atoms with van der Waals surface area (Å²) in [5, 5.41) is 0. The molecule has 0 radical (unpaired) electrons. The number of hydrogen-bond donors (Lipinski definition) is 3. The number of allylic oxidation sites excluding steroid dienone is 2. The lowest BCUT2D eigenvalue weighted by Crippen LogP contribution is -2.09. The average Bonchev–Trinajstić information content (AvgIpc) is 2.48. The molecule has 0 bridgehead atoms. The van der Waals surface area contributed by atoms with Crippen LogP contribution in [0.2, 0.25) is 0 Å². The first-order chi connectivity index (χ1) is 10.0. The van der Waals surface area contributed by atoms with Gasteiger partial charge in [0.15, 0.2) is 0 Å². The molecule has 2 aromatic carbocycles. The molecule has 0 heterocycles. The molecule has 0 aliphatic rings. The fraction of sp³-hybridized carbons (Fsp3) is 0.111. The maximum atomic E-state index is 5.94. The monoisotopic (exact) mass is 279 g/mol. The number of nitrogens with one attached hydrogen (secondary N) is 1. The van der Waals surface area contributed by atoms with Crippen LogP contribution < -0.4 is 17.0 Å². The number of aryl methyl sites for hydroxylation is 1. The summed E-state index contributed by atoms with van der Waals surface area (Å²) in [6, 6.07) is 14.0. The van der Waals surface area contributed by atoms with E-state index >= 15 is 0 Å². The van der Waals surface area contributed by atoms with Gasteiger partial charge in [0.2, 0.25) is 0 Å². The maximum absolute atomic E-state index is 5.94. The standard InChI is InChI=1S/C18H21N3/c1-12-6-4-5-7-15(12)10-13(2)14(3)16-8-9-18(21-20)17(19)11-16/h4-11,21H,3,19-20H2,1-2H3/b13-10+. The first-order valence-corrected chi connectivity index (χ1v) is 6.82. The van der Waals surface area contributed by atoms with Gasteiger partial charge in [-0.2, -0.15) is 0 Å². The first kappa shape index (κ1) is 14.9. The molecule has 0 atom stereocenters. The molecule has 0 amide bonds. The van der Waals surface area contributed by atoms with E-state index < -0.39 is 0 Å². The molecule has 21 heavy (non-hydrogen) atoms.